The number of benzene rings is 3. The van der Waals surface area contributed by atoms with E-state index in [4.69, 9.17) is 9.83 Å². The van der Waals surface area contributed by atoms with Gasteiger partial charge in [-0.15, -0.1) is 0 Å². The number of nitrogens with zero attached hydrogens (tertiary/aromatic N) is 2. The molecule has 0 saturated carbocycles. The molecule has 0 amide bonds. The molecule has 0 N–H and O–H groups in total. The fourth-order valence-electron chi connectivity index (χ4n) is 4.22. The van der Waals surface area contributed by atoms with Crippen LogP contribution >= 0.6 is 0 Å². The molecule has 0 saturated heterocycles. The van der Waals surface area contributed by atoms with Crippen molar-refractivity contribution in [1.82, 2.24) is 5.06 Å². The molecular weight excluding hydrogens is 429 g/mol. The minimum atomic E-state index is -5.14. The van der Waals surface area contributed by atoms with Crippen molar-refractivity contribution >= 4 is 11.8 Å². The van der Waals surface area contributed by atoms with Gasteiger partial charge in [0.05, 0.1) is 0 Å². The number of hydrogen-bond acceptors (Lipinski definition) is 4. The molecule has 3 atom stereocenters. The second kappa shape index (κ2) is 8.73. The number of alkyl halides is 3. The van der Waals surface area contributed by atoms with Gasteiger partial charge in [-0.1, -0.05) is 97.9 Å². The summed E-state index contributed by atoms with van der Waals surface area (Å²) in [5, 5.41) is 1.05. The summed E-state index contributed by atoms with van der Waals surface area (Å²) in [5.74, 6) is -2.46. The van der Waals surface area contributed by atoms with E-state index >= 15 is 0 Å². The molecule has 0 radical (unpaired) electrons. The minimum absolute atomic E-state index is 0.249. The van der Waals surface area contributed by atoms with Gasteiger partial charge in [0.15, 0.2) is 0 Å². The van der Waals surface area contributed by atoms with Gasteiger partial charge in [-0.25, -0.2) is 4.79 Å². The van der Waals surface area contributed by atoms with Crippen molar-refractivity contribution in [1.29, 1.82) is 0 Å². The van der Waals surface area contributed by atoms with Crippen molar-refractivity contribution in [2.75, 3.05) is 0 Å². The molecule has 4 rings (SSSR count). The van der Waals surface area contributed by atoms with Gasteiger partial charge in [0.25, 0.3) is 0 Å². The van der Waals surface area contributed by atoms with Gasteiger partial charge < -0.3 is 4.84 Å². The Balaban J connectivity index is 1.89. The van der Waals surface area contributed by atoms with Gasteiger partial charge in [-0.2, -0.15) is 18.2 Å². The first-order chi connectivity index (χ1) is 15.7. The summed E-state index contributed by atoms with van der Waals surface area (Å²) in [6, 6.07) is 26.8. The van der Waals surface area contributed by atoms with Crippen molar-refractivity contribution in [3.8, 4) is 0 Å². The highest BCUT2D eigenvalue weighted by Gasteiger charge is 2.53. The Bertz CT molecular complexity index is 1130. The summed E-state index contributed by atoms with van der Waals surface area (Å²) >= 11 is 0. The zero-order chi connectivity index (χ0) is 23.6. The Morgan fingerprint density at radius 3 is 2.00 bits per heavy atom. The summed E-state index contributed by atoms with van der Waals surface area (Å²) < 4.78 is 39.8. The van der Waals surface area contributed by atoms with Crippen LogP contribution in [0.3, 0.4) is 0 Å². The molecule has 0 fully saturated rings. The van der Waals surface area contributed by atoms with E-state index in [9.17, 15) is 18.0 Å². The number of carbonyl (C=O) groups is 1. The van der Waals surface area contributed by atoms with Gasteiger partial charge in [0.2, 0.25) is 0 Å². The molecule has 7 heteroatoms. The maximum Gasteiger partial charge on any atom is 0.493 e. The number of halogens is 3. The van der Waals surface area contributed by atoms with Crippen molar-refractivity contribution in [2.45, 2.75) is 37.5 Å². The van der Waals surface area contributed by atoms with Crippen LogP contribution in [0.1, 0.15) is 42.5 Å². The van der Waals surface area contributed by atoms with Gasteiger partial charge in [0, 0.05) is 5.92 Å². The summed E-state index contributed by atoms with van der Waals surface area (Å²) in [7, 11) is 0. The lowest BCUT2D eigenvalue weighted by molar-refractivity contribution is -0.232. The van der Waals surface area contributed by atoms with Crippen LogP contribution in [0.2, 0.25) is 0 Å². The monoisotopic (exact) mass is 452 g/mol. The second-order valence-electron chi connectivity index (χ2n) is 8.13. The van der Waals surface area contributed by atoms with E-state index in [0.717, 1.165) is 16.2 Å². The SMILES string of the molecule is CC(C1=NC(C)(c2ccccc2)C(c2ccccc2)N1OC(=O)C(F)(F)F)c1ccccc1. The average Bonchev–Trinajstić information content (AvgIpc) is 3.12. The quantitative estimate of drug-likeness (QED) is 0.464. The Labute approximate surface area is 190 Å². The third-order valence-electron chi connectivity index (χ3n) is 5.91. The van der Waals surface area contributed by atoms with Crippen molar-refractivity contribution < 1.29 is 22.8 Å². The molecule has 0 aliphatic carbocycles. The number of hydroxylamine groups is 2. The van der Waals surface area contributed by atoms with Crippen LogP contribution in [-0.2, 0) is 15.2 Å². The van der Waals surface area contributed by atoms with Crippen LogP contribution in [0.15, 0.2) is 96.0 Å². The fourth-order valence-corrected chi connectivity index (χ4v) is 4.22. The number of carbonyl (C=O) groups excluding carboxylic acids is 1. The molecule has 3 unspecified atom stereocenters. The molecule has 1 heterocycles. The number of hydrogen-bond donors (Lipinski definition) is 0. The Morgan fingerprint density at radius 2 is 1.45 bits per heavy atom. The molecule has 1 aliphatic heterocycles. The molecule has 0 bridgehead atoms. The first kappa shape index (κ1) is 22.6. The maximum atomic E-state index is 13.3. The second-order valence-corrected chi connectivity index (χ2v) is 8.13. The van der Waals surface area contributed by atoms with Crippen LogP contribution in [0.5, 0.6) is 0 Å². The average molecular weight is 452 g/mol. The third-order valence-corrected chi connectivity index (χ3v) is 5.91. The van der Waals surface area contributed by atoms with Crippen molar-refractivity contribution in [3.63, 3.8) is 0 Å². The fraction of sp³-hybridized carbons (Fsp3) is 0.231. The largest absolute Gasteiger partial charge is 0.493 e. The number of amidine groups is 1. The summed E-state index contributed by atoms with van der Waals surface area (Å²) in [6.45, 7) is 3.68. The van der Waals surface area contributed by atoms with E-state index in [0.29, 0.717) is 5.56 Å². The van der Waals surface area contributed by atoms with Crippen LogP contribution < -0.4 is 0 Å². The summed E-state index contributed by atoms with van der Waals surface area (Å²) in [4.78, 5) is 22.0. The van der Waals surface area contributed by atoms with E-state index < -0.39 is 29.6 Å². The van der Waals surface area contributed by atoms with E-state index in [1.54, 1.807) is 24.3 Å². The zero-order valence-corrected chi connectivity index (χ0v) is 18.2. The highest BCUT2D eigenvalue weighted by atomic mass is 19.4. The topological polar surface area (TPSA) is 41.9 Å². The molecule has 0 aromatic heterocycles. The number of rotatable bonds is 5. The highest BCUT2D eigenvalue weighted by Crippen LogP contribution is 2.49. The molecule has 0 spiro atoms. The lowest BCUT2D eigenvalue weighted by Gasteiger charge is -2.35. The zero-order valence-electron chi connectivity index (χ0n) is 18.2. The van der Waals surface area contributed by atoms with Gasteiger partial charge in [0.1, 0.15) is 17.4 Å². The first-order valence-corrected chi connectivity index (χ1v) is 10.6. The standard InChI is InChI=1S/C26H23F3N2O2/c1-18(19-12-6-3-7-13-19)23-30-25(2,21-16-10-5-11-17-21)22(20-14-8-4-9-15-20)31(23)33-24(32)26(27,28)29/h3-18,22H,1-2H3. The molecule has 4 nitrogen and oxygen atoms in total. The molecule has 1 aliphatic rings. The molecule has 170 valence electrons. The van der Waals surface area contributed by atoms with Crippen molar-refractivity contribution in [2.24, 2.45) is 4.99 Å². The predicted octanol–water partition coefficient (Wildman–Crippen LogP) is 6.18. The smallest absolute Gasteiger partial charge is 0.330 e. The highest BCUT2D eigenvalue weighted by molar-refractivity contribution is 5.92. The molecule has 33 heavy (non-hydrogen) atoms. The van der Waals surface area contributed by atoms with Gasteiger partial charge >= 0.3 is 12.1 Å². The Kier molecular flexibility index (Phi) is 5.97. The van der Waals surface area contributed by atoms with E-state index in [2.05, 4.69) is 0 Å². The number of aliphatic imine (C=N–C) groups is 1. The lowest BCUT2D eigenvalue weighted by atomic mass is 9.82. The first-order valence-electron chi connectivity index (χ1n) is 10.6. The van der Waals surface area contributed by atoms with E-state index in [1.807, 2.05) is 80.6 Å². The minimum Gasteiger partial charge on any atom is -0.330 e. The third kappa shape index (κ3) is 4.35. The van der Waals surface area contributed by atoms with Crippen molar-refractivity contribution in [3.05, 3.63) is 108 Å². The van der Waals surface area contributed by atoms with Crippen LogP contribution in [-0.4, -0.2) is 23.0 Å². The van der Waals surface area contributed by atoms with Crippen LogP contribution in [0, 0.1) is 0 Å². The Hall–Kier alpha value is -3.61. The summed E-state index contributed by atoms with van der Waals surface area (Å²) in [5.41, 5.74) is 1.31. The maximum absolute atomic E-state index is 13.3. The van der Waals surface area contributed by atoms with Gasteiger partial charge in [-0.05, 0) is 23.6 Å². The Morgan fingerprint density at radius 1 is 0.939 bits per heavy atom. The van der Waals surface area contributed by atoms with E-state index in [-0.39, 0.29) is 5.84 Å². The molecule has 3 aromatic rings. The molecule has 3 aromatic carbocycles. The van der Waals surface area contributed by atoms with Crippen LogP contribution in [0.4, 0.5) is 13.2 Å². The predicted molar refractivity (Wildman–Crippen MR) is 119 cm³/mol. The van der Waals surface area contributed by atoms with Gasteiger partial charge in [-0.3, -0.25) is 4.99 Å². The summed E-state index contributed by atoms with van der Waals surface area (Å²) in [6.07, 6.45) is -5.14. The van der Waals surface area contributed by atoms with Crippen LogP contribution in [0.25, 0.3) is 0 Å². The van der Waals surface area contributed by atoms with E-state index in [1.165, 1.54) is 0 Å². The lowest BCUT2D eigenvalue weighted by Crippen LogP contribution is -2.42. The normalized spacial score (nSPS) is 21.4. The molecular formula is C26H23F3N2O2.